The van der Waals surface area contributed by atoms with Crippen molar-refractivity contribution in [3.8, 4) is 5.75 Å². The van der Waals surface area contributed by atoms with Crippen LogP contribution in [-0.4, -0.2) is 66.8 Å². The first-order chi connectivity index (χ1) is 14.5. The largest absolute Gasteiger partial charge is 0.491 e. The number of aryl methyl sites for hydroxylation is 1. The van der Waals surface area contributed by atoms with Crippen molar-refractivity contribution in [1.29, 1.82) is 0 Å². The van der Waals surface area contributed by atoms with Gasteiger partial charge in [0.25, 0.3) is 0 Å². The molecule has 1 aromatic carbocycles. The lowest BCUT2D eigenvalue weighted by Crippen LogP contribution is -2.45. The number of guanidine groups is 1. The van der Waals surface area contributed by atoms with E-state index in [4.69, 9.17) is 4.74 Å². The summed E-state index contributed by atoms with van der Waals surface area (Å²) in [4.78, 5) is 19.2. The Bertz CT molecular complexity index is 718. The highest BCUT2D eigenvalue weighted by molar-refractivity contribution is 5.81. The molecule has 1 aliphatic carbocycles. The number of hydrogen-bond donors (Lipinski definition) is 3. The molecule has 1 aromatic rings. The molecule has 1 saturated heterocycles. The molecular formula is C23H36N4O3. The van der Waals surface area contributed by atoms with Crippen LogP contribution in [0.15, 0.2) is 29.3 Å². The van der Waals surface area contributed by atoms with Gasteiger partial charge in [0.15, 0.2) is 5.96 Å². The zero-order chi connectivity index (χ0) is 21.3. The summed E-state index contributed by atoms with van der Waals surface area (Å²) >= 11 is 0. The molecule has 30 heavy (non-hydrogen) atoms. The van der Waals surface area contributed by atoms with Crippen LogP contribution in [-0.2, 0) is 4.79 Å². The third-order valence-electron chi connectivity index (χ3n) is 5.78. The van der Waals surface area contributed by atoms with E-state index in [1.54, 1.807) is 0 Å². The molecule has 7 heteroatoms. The van der Waals surface area contributed by atoms with Gasteiger partial charge >= 0.3 is 0 Å². The minimum absolute atomic E-state index is 0.189. The van der Waals surface area contributed by atoms with Crippen LogP contribution in [0.1, 0.15) is 44.6 Å². The minimum atomic E-state index is -0.690. The molecule has 3 rings (SSSR count). The molecule has 0 radical (unpaired) electrons. The van der Waals surface area contributed by atoms with Crippen LogP contribution in [0.3, 0.4) is 0 Å². The summed E-state index contributed by atoms with van der Waals surface area (Å²) in [5.41, 5.74) is 1.12. The molecule has 1 amide bonds. The third-order valence-corrected chi connectivity index (χ3v) is 5.78. The van der Waals surface area contributed by atoms with Crippen molar-refractivity contribution < 1.29 is 14.6 Å². The Kier molecular flexibility index (Phi) is 8.37. The summed E-state index contributed by atoms with van der Waals surface area (Å²) in [5, 5.41) is 16.9. The summed E-state index contributed by atoms with van der Waals surface area (Å²) in [6.45, 7) is 6.72. The lowest BCUT2D eigenvalue weighted by Gasteiger charge is -2.21. The number of likely N-dealkylation sites (tertiary alicyclic amines) is 1. The number of ether oxygens (including phenoxy) is 1. The first kappa shape index (κ1) is 22.4. The highest BCUT2D eigenvalue weighted by Crippen LogP contribution is 2.27. The molecule has 0 aromatic heterocycles. The van der Waals surface area contributed by atoms with E-state index in [9.17, 15) is 9.90 Å². The second-order valence-corrected chi connectivity index (χ2v) is 8.40. The Morgan fingerprint density at radius 2 is 2.13 bits per heavy atom. The average Bonchev–Trinajstić information content (AvgIpc) is 3.42. The summed E-state index contributed by atoms with van der Waals surface area (Å²) in [5.74, 6) is 1.98. The number of aliphatic imine (C=N–C) groups is 1. The highest BCUT2D eigenvalue weighted by atomic mass is 16.5. The van der Waals surface area contributed by atoms with Crippen LogP contribution in [0.4, 0.5) is 0 Å². The zero-order valence-electron chi connectivity index (χ0n) is 18.3. The van der Waals surface area contributed by atoms with Gasteiger partial charge in [-0.3, -0.25) is 9.79 Å². The molecule has 1 heterocycles. The quantitative estimate of drug-likeness (QED) is 0.446. The second-order valence-electron chi connectivity index (χ2n) is 8.40. The van der Waals surface area contributed by atoms with Crippen molar-refractivity contribution in [2.45, 2.75) is 58.1 Å². The van der Waals surface area contributed by atoms with Gasteiger partial charge in [-0.05, 0) is 50.8 Å². The predicted molar refractivity (Wildman–Crippen MR) is 119 cm³/mol. The Balaban J connectivity index is 1.45. The van der Waals surface area contributed by atoms with Gasteiger partial charge in [0, 0.05) is 31.6 Å². The van der Waals surface area contributed by atoms with Gasteiger partial charge in [-0.2, -0.15) is 0 Å². The summed E-state index contributed by atoms with van der Waals surface area (Å²) < 4.78 is 5.66. The van der Waals surface area contributed by atoms with Crippen molar-refractivity contribution in [2.24, 2.45) is 10.9 Å². The smallest absolute Gasteiger partial charge is 0.225 e. The van der Waals surface area contributed by atoms with Crippen molar-refractivity contribution in [3.05, 3.63) is 29.8 Å². The van der Waals surface area contributed by atoms with Crippen molar-refractivity contribution in [1.82, 2.24) is 15.5 Å². The number of amides is 1. The Hall–Kier alpha value is -2.28. The molecule has 2 aliphatic rings. The van der Waals surface area contributed by atoms with E-state index in [0.717, 1.165) is 50.2 Å². The summed E-state index contributed by atoms with van der Waals surface area (Å²) in [6.07, 6.45) is 4.67. The fraction of sp³-hybridized carbons (Fsp3) is 0.652. The third kappa shape index (κ3) is 6.62. The second kappa shape index (κ2) is 11.2. The molecule has 1 saturated carbocycles. The minimum Gasteiger partial charge on any atom is -0.491 e. The van der Waals surface area contributed by atoms with E-state index in [-0.39, 0.29) is 25.1 Å². The van der Waals surface area contributed by atoms with Gasteiger partial charge in [0.2, 0.25) is 5.91 Å². The van der Waals surface area contributed by atoms with Crippen molar-refractivity contribution in [2.75, 3.05) is 32.8 Å². The molecule has 7 nitrogen and oxygen atoms in total. The molecule has 166 valence electrons. The van der Waals surface area contributed by atoms with Gasteiger partial charge in [0.05, 0.1) is 6.54 Å². The molecule has 2 atom stereocenters. The van der Waals surface area contributed by atoms with E-state index in [1.165, 1.54) is 12.8 Å². The predicted octanol–water partition coefficient (Wildman–Crippen LogP) is 2.08. The Morgan fingerprint density at radius 1 is 1.33 bits per heavy atom. The topological polar surface area (TPSA) is 86.2 Å². The van der Waals surface area contributed by atoms with E-state index in [1.807, 2.05) is 43.0 Å². The zero-order valence-corrected chi connectivity index (χ0v) is 18.3. The maximum Gasteiger partial charge on any atom is 0.225 e. The van der Waals surface area contributed by atoms with Gasteiger partial charge in [-0.1, -0.05) is 25.0 Å². The van der Waals surface area contributed by atoms with E-state index >= 15 is 0 Å². The highest BCUT2D eigenvalue weighted by Gasteiger charge is 2.32. The maximum absolute atomic E-state index is 12.6. The standard InChI is InChI=1S/C23H36N4O3/c1-3-24-23(25-14-20(28)16-30-21-10-6-7-17(2)13-21)26-19-11-12-27(15-19)22(29)18-8-4-5-9-18/h6-7,10,13,18-20,28H,3-5,8-9,11-12,14-16H2,1-2H3,(H2,24,25,26). The summed E-state index contributed by atoms with van der Waals surface area (Å²) in [6, 6.07) is 7.96. The number of nitrogens with zero attached hydrogens (tertiary/aromatic N) is 2. The number of benzene rings is 1. The lowest BCUT2D eigenvalue weighted by molar-refractivity contribution is -0.134. The molecule has 2 fully saturated rings. The number of nitrogens with one attached hydrogen (secondary N) is 2. The van der Waals surface area contributed by atoms with Crippen LogP contribution in [0, 0.1) is 12.8 Å². The van der Waals surface area contributed by atoms with E-state index in [0.29, 0.717) is 11.9 Å². The van der Waals surface area contributed by atoms with Crippen molar-refractivity contribution >= 4 is 11.9 Å². The number of hydrogen-bond acceptors (Lipinski definition) is 4. The maximum atomic E-state index is 12.6. The van der Waals surface area contributed by atoms with Crippen molar-refractivity contribution in [3.63, 3.8) is 0 Å². The fourth-order valence-electron chi connectivity index (χ4n) is 4.17. The normalized spacial score (nSPS) is 21.0. The van der Waals surface area contributed by atoms with Gasteiger partial charge < -0.3 is 25.4 Å². The monoisotopic (exact) mass is 416 g/mol. The molecule has 2 unspecified atom stereocenters. The lowest BCUT2D eigenvalue weighted by atomic mass is 10.1. The van der Waals surface area contributed by atoms with Crippen LogP contribution in [0.25, 0.3) is 0 Å². The first-order valence-electron chi connectivity index (χ1n) is 11.3. The number of rotatable bonds is 8. The number of carbonyl (C=O) groups is 1. The van der Waals surface area contributed by atoms with Crippen LogP contribution >= 0.6 is 0 Å². The number of carbonyl (C=O) groups excluding carboxylic acids is 1. The van der Waals surface area contributed by atoms with E-state index in [2.05, 4.69) is 15.6 Å². The Morgan fingerprint density at radius 3 is 2.87 bits per heavy atom. The fourth-order valence-corrected chi connectivity index (χ4v) is 4.17. The molecular weight excluding hydrogens is 380 g/mol. The van der Waals surface area contributed by atoms with Gasteiger partial charge in [-0.25, -0.2) is 0 Å². The average molecular weight is 417 g/mol. The van der Waals surface area contributed by atoms with Gasteiger partial charge in [-0.15, -0.1) is 0 Å². The first-order valence-corrected chi connectivity index (χ1v) is 11.3. The number of aliphatic hydroxyl groups excluding tert-OH is 1. The molecule has 0 bridgehead atoms. The van der Waals surface area contributed by atoms with Crippen LogP contribution in [0.2, 0.25) is 0 Å². The Labute approximate surface area is 179 Å². The SMILES string of the molecule is CCNC(=NCC(O)COc1cccc(C)c1)NC1CCN(C(=O)C2CCCC2)C1. The van der Waals surface area contributed by atoms with E-state index < -0.39 is 6.10 Å². The van der Waals surface area contributed by atoms with Crippen LogP contribution < -0.4 is 15.4 Å². The summed E-state index contributed by atoms with van der Waals surface area (Å²) in [7, 11) is 0. The van der Waals surface area contributed by atoms with Gasteiger partial charge in [0.1, 0.15) is 18.5 Å². The molecule has 3 N–H and O–H groups in total. The van der Waals surface area contributed by atoms with Crippen LogP contribution in [0.5, 0.6) is 5.75 Å². The molecule has 0 spiro atoms. The molecule has 1 aliphatic heterocycles. The number of aliphatic hydroxyl groups is 1.